The summed E-state index contributed by atoms with van der Waals surface area (Å²) in [6, 6.07) is 14.3. The summed E-state index contributed by atoms with van der Waals surface area (Å²) < 4.78 is 64.5. The number of halogens is 3. The van der Waals surface area contributed by atoms with Crippen molar-refractivity contribution >= 4 is 34.7 Å². The van der Waals surface area contributed by atoms with E-state index in [1.807, 2.05) is 18.2 Å². The van der Waals surface area contributed by atoms with Gasteiger partial charge < -0.3 is 24.2 Å². The van der Waals surface area contributed by atoms with E-state index in [-0.39, 0.29) is 42.0 Å². The van der Waals surface area contributed by atoms with Crippen LogP contribution in [0.2, 0.25) is 0 Å². The molecule has 6 aromatic rings. The van der Waals surface area contributed by atoms with E-state index < -0.39 is 46.6 Å². The lowest BCUT2D eigenvalue weighted by Crippen LogP contribution is -2.49. The average Bonchev–Trinajstić information content (AvgIpc) is 3.98. The van der Waals surface area contributed by atoms with E-state index in [0.717, 1.165) is 95.2 Å². The third-order valence-electron chi connectivity index (χ3n) is 15.0. The fourth-order valence-corrected chi connectivity index (χ4v) is 10.6. The number of ether oxygens (including phenoxy) is 2. The largest absolute Gasteiger partial charge is 0.497 e. The number of carbonyl (C=O) groups is 3. The van der Waals surface area contributed by atoms with Gasteiger partial charge in [-0.05, 0) is 117 Å². The van der Waals surface area contributed by atoms with Gasteiger partial charge in [0.05, 0.1) is 23.7 Å². The van der Waals surface area contributed by atoms with Gasteiger partial charge in [-0.25, -0.2) is 23.5 Å². The van der Waals surface area contributed by atoms with Crippen LogP contribution >= 0.6 is 0 Å². The molecule has 1 atom stereocenters. The van der Waals surface area contributed by atoms with Crippen LogP contribution in [0.5, 0.6) is 11.5 Å². The molecule has 2 saturated heterocycles. The number of piperidine rings is 1. The first-order chi connectivity index (χ1) is 33.8. The second-order valence-electron chi connectivity index (χ2n) is 19.1. The number of aryl methyl sites for hydroxylation is 2. The molecule has 11 rings (SSSR count). The summed E-state index contributed by atoms with van der Waals surface area (Å²) in [5.41, 5.74) is 2.07. The molecule has 17 nitrogen and oxygen atoms in total. The molecule has 70 heavy (non-hydrogen) atoms. The number of rotatable bonds is 15. The van der Waals surface area contributed by atoms with Crippen LogP contribution in [-0.2, 0) is 35.1 Å². The molecule has 0 radical (unpaired) electrons. The second-order valence-corrected chi connectivity index (χ2v) is 19.1. The maximum Gasteiger partial charge on any atom is 0.329 e. The molecule has 5 aliphatic rings. The molecule has 0 spiro atoms. The van der Waals surface area contributed by atoms with Gasteiger partial charge in [-0.1, -0.05) is 23.4 Å². The fourth-order valence-electron chi connectivity index (χ4n) is 10.6. The first-order valence-electron chi connectivity index (χ1n) is 23.7. The van der Waals surface area contributed by atoms with Crippen molar-refractivity contribution in [3.05, 3.63) is 111 Å². The Morgan fingerprint density at radius 2 is 1.64 bits per heavy atom. The number of benzene rings is 3. The van der Waals surface area contributed by atoms with Crippen LogP contribution in [0.3, 0.4) is 0 Å². The Morgan fingerprint density at radius 1 is 0.900 bits per heavy atom. The van der Waals surface area contributed by atoms with Crippen LogP contribution in [0.1, 0.15) is 91.1 Å². The lowest BCUT2D eigenvalue weighted by molar-refractivity contribution is -0.135. The minimum absolute atomic E-state index is 0.195. The molecule has 3 aliphatic carbocycles. The Kier molecular flexibility index (Phi) is 12.7. The summed E-state index contributed by atoms with van der Waals surface area (Å²) >= 11 is 0. The molecule has 366 valence electrons. The van der Waals surface area contributed by atoms with Gasteiger partial charge >= 0.3 is 5.69 Å². The summed E-state index contributed by atoms with van der Waals surface area (Å²) in [7, 11) is 3.22. The fraction of sp³-hybridized carbons (Fsp3) is 0.440. The molecule has 3 aromatic carbocycles. The normalized spacial score (nSPS) is 21.6. The number of nitrogens with one attached hydrogen (secondary N) is 2. The van der Waals surface area contributed by atoms with E-state index in [9.17, 15) is 19.2 Å². The summed E-state index contributed by atoms with van der Waals surface area (Å²) in [6.45, 7) is 4.04. The Morgan fingerprint density at radius 3 is 2.37 bits per heavy atom. The van der Waals surface area contributed by atoms with Crippen LogP contribution in [0.4, 0.5) is 19.1 Å². The summed E-state index contributed by atoms with van der Waals surface area (Å²) in [4.78, 5) is 69.4. The van der Waals surface area contributed by atoms with Gasteiger partial charge in [-0.3, -0.25) is 33.7 Å². The van der Waals surface area contributed by atoms with Gasteiger partial charge in [0.1, 0.15) is 24.1 Å². The van der Waals surface area contributed by atoms with E-state index in [0.29, 0.717) is 52.7 Å². The minimum atomic E-state index is -1.57. The smallest absolute Gasteiger partial charge is 0.329 e. The van der Waals surface area contributed by atoms with Crippen LogP contribution in [0.15, 0.2) is 70.1 Å². The van der Waals surface area contributed by atoms with Crippen molar-refractivity contribution in [1.82, 2.24) is 44.8 Å². The molecule has 3 saturated carbocycles. The Balaban J connectivity index is 0.695. The number of imidazole rings is 1. The van der Waals surface area contributed by atoms with Crippen molar-refractivity contribution in [2.75, 3.05) is 51.3 Å². The van der Waals surface area contributed by atoms with Crippen LogP contribution in [0, 0.1) is 22.9 Å². The number of hydrogen-bond donors (Lipinski definition) is 2. The van der Waals surface area contributed by atoms with Gasteiger partial charge in [-0.2, -0.15) is 9.37 Å². The standard InChI is InChI=1S/C50H53F3N10O7/c1-60-38-26-30(7-10-36(38)63(48(60)67)37-11-12-39(64)57-44(37)66)4-3-21-61-22-24-62(25-23-61)47-54-20-13-35(56-47)45-58-46(59-70-45)50-17-14-49(15-18-50,16-19-50)29-55-43(65)33-27-34(51)42(41(53)40(33)52)69-28-31-5-8-32(68-2)9-6-31/h5-10,13,20,26-27,37H,3-4,11-12,14-19,21-25,28-29H2,1-2H3,(H,55,65)(H,57,64,66). The van der Waals surface area contributed by atoms with Gasteiger partial charge in [0.15, 0.2) is 23.2 Å². The predicted octanol–water partition coefficient (Wildman–Crippen LogP) is 5.94. The van der Waals surface area contributed by atoms with Gasteiger partial charge in [-0.15, -0.1) is 0 Å². The van der Waals surface area contributed by atoms with Crippen molar-refractivity contribution in [3.8, 4) is 23.1 Å². The first-order valence-corrected chi connectivity index (χ1v) is 23.7. The monoisotopic (exact) mass is 962 g/mol. The molecule has 2 aliphatic heterocycles. The van der Waals surface area contributed by atoms with E-state index in [1.165, 1.54) is 11.7 Å². The zero-order valence-electron chi connectivity index (χ0n) is 38.9. The van der Waals surface area contributed by atoms with Gasteiger partial charge in [0.2, 0.25) is 23.6 Å². The zero-order valence-corrected chi connectivity index (χ0v) is 38.9. The number of nitrogens with zero attached hydrogens (tertiary/aromatic N) is 8. The Labute approximate surface area is 400 Å². The molecule has 1 unspecified atom stereocenters. The van der Waals surface area contributed by atoms with Crippen molar-refractivity contribution < 1.29 is 41.6 Å². The summed E-state index contributed by atoms with van der Waals surface area (Å²) in [5, 5.41) is 9.54. The Hall–Kier alpha value is -7.09. The van der Waals surface area contributed by atoms with E-state index in [4.69, 9.17) is 24.0 Å². The lowest BCUT2D eigenvalue weighted by atomic mass is 9.53. The SMILES string of the molecule is COc1ccc(COc2c(F)cc(C(=O)NCC34CCC(c5noc(-c6ccnc(N7CCN(CCCc8ccc9c(c8)n(C)c(=O)n9C8CCC(=O)NC8=O)CC7)n6)n5)(CC3)CC4)c(F)c2F)cc1. The summed E-state index contributed by atoms with van der Waals surface area (Å²) in [5.74, 6) is -4.67. The number of hydrogen-bond acceptors (Lipinski definition) is 13. The number of amides is 3. The third-order valence-corrected chi connectivity index (χ3v) is 15.0. The third kappa shape index (κ3) is 8.99. The van der Waals surface area contributed by atoms with Gasteiger partial charge in [0.25, 0.3) is 11.8 Å². The molecule has 2 N–H and O–H groups in total. The highest BCUT2D eigenvalue weighted by Crippen LogP contribution is 2.57. The maximum absolute atomic E-state index is 15.2. The van der Waals surface area contributed by atoms with Gasteiger partial charge in [0, 0.05) is 57.8 Å². The number of carbonyl (C=O) groups excluding carboxylic acids is 3. The molecule has 5 fully saturated rings. The molecule has 5 heterocycles. The van der Waals surface area contributed by atoms with Crippen molar-refractivity contribution in [2.45, 2.75) is 82.3 Å². The van der Waals surface area contributed by atoms with Crippen LogP contribution < -0.4 is 30.7 Å². The topological polar surface area (TPSA) is 192 Å². The lowest BCUT2D eigenvalue weighted by Gasteiger charge is -2.52. The van der Waals surface area contributed by atoms with Crippen LogP contribution in [0.25, 0.3) is 22.6 Å². The van der Waals surface area contributed by atoms with E-state index in [2.05, 4.69) is 30.6 Å². The van der Waals surface area contributed by atoms with E-state index >= 15 is 13.2 Å². The Bertz CT molecular complexity index is 3010. The number of anilines is 1. The van der Waals surface area contributed by atoms with Crippen molar-refractivity contribution in [3.63, 3.8) is 0 Å². The van der Waals surface area contributed by atoms with Crippen LogP contribution in [-0.4, -0.2) is 98.2 Å². The molecule has 3 amide bonds. The number of methoxy groups -OCH3 is 1. The highest BCUT2D eigenvalue weighted by Gasteiger charge is 2.52. The number of piperazine rings is 1. The van der Waals surface area contributed by atoms with Crippen molar-refractivity contribution in [1.29, 1.82) is 0 Å². The molecular weight excluding hydrogens is 910 g/mol. The minimum Gasteiger partial charge on any atom is -0.497 e. The zero-order chi connectivity index (χ0) is 48.7. The average molecular weight is 963 g/mol. The highest BCUT2D eigenvalue weighted by molar-refractivity contribution is 6.00. The second kappa shape index (κ2) is 19.0. The number of fused-ring (bicyclic) bond motifs is 4. The number of aromatic nitrogens is 6. The molecule has 2 bridgehead atoms. The maximum atomic E-state index is 15.2. The predicted molar refractivity (Wildman–Crippen MR) is 249 cm³/mol. The number of imide groups is 1. The highest BCUT2D eigenvalue weighted by atomic mass is 19.2. The summed E-state index contributed by atoms with van der Waals surface area (Å²) in [6.07, 6.45) is 8.39. The van der Waals surface area contributed by atoms with Crippen molar-refractivity contribution in [2.24, 2.45) is 12.5 Å². The van der Waals surface area contributed by atoms with E-state index in [1.54, 1.807) is 48.1 Å². The molecule has 3 aromatic heterocycles. The molecular formula is C50H53F3N10O7. The first kappa shape index (κ1) is 46.6. The molecule has 20 heteroatoms. The quantitative estimate of drug-likeness (QED) is 0.0909.